The fraction of sp³-hybridized carbons (Fsp3) is 0.0750. The molecule has 0 heterocycles. The lowest BCUT2D eigenvalue weighted by molar-refractivity contribution is 1.24. The molecule has 0 amide bonds. The summed E-state index contributed by atoms with van der Waals surface area (Å²) in [6.07, 6.45) is 0.809. The first-order valence-electron chi connectivity index (χ1n) is 14.8. The van der Waals surface area contributed by atoms with Gasteiger partial charge in [0.25, 0.3) is 0 Å². The van der Waals surface area contributed by atoms with Gasteiger partial charge in [-0.3, -0.25) is 0 Å². The SMILES string of the molecule is Cc1ccc(N=C(CC(Sc2cccc3ccccc23)Sc2cccc3ccccc23)Sc2cccc3ccccc23)cc1. The van der Waals surface area contributed by atoms with Crippen LogP contribution in [0.1, 0.15) is 12.0 Å². The van der Waals surface area contributed by atoms with E-state index < -0.39 is 0 Å². The van der Waals surface area contributed by atoms with E-state index in [0.29, 0.717) is 0 Å². The summed E-state index contributed by atoms with van der Waals surface area (Å²) >= 11 is 5.69. The molecular weight excluding hydrogens is 591 g/mol. The molecule has 0 saturated heterocycles. The Labute approximate surface area is 271 Å². The van der Waals surface area contributed by atoms with Crippen LogP contribution in [0.25, 0.3) is 32.3 Å². The fourth-order valence-corrected chi connectivity index (χ4v) is 9.53. The average Bonchev–Trinajstić information content (AvgIpc) is 3.06. The lowest BCUT2D eigenvalue weighted by atomic mass is 10.1. The Hall–Kier alpha value is -3.96. The molecule has 0 N–H and O–H groups in total. The van der Waals surface area contributed by atoms with Gasteiger partial charge in [-0.2, -0.15) is 0 Å². The van der Waals surface area contributed by atoms with Crippen molar-refractivity contribution < 1.29 is 0 Å². The first-order valence-corrected chi connectivity index (χ1v) is 17.4. The number of benzene rings is 7. The predicted molar refractivity (Wildman–Crippen MR) is 196 cm³/mol. The van der Waals surface area contributed by atoms with Gasteiger partial charge in [-0.15, -0.1) is 23.5 Å². The van der Waals surface area contributed by atoms with E-state index in [0.717, 1.165) is 17.2 Å². The van der Waals surface area contributed by atoms with Gasteiger partial charge in [0.15, 0.2) is 0 Å². The third-order valence-corrected chi connectivity index (χ3v) is 11.3. The van der Waals surface area contributed by atoms with Crippen LogP contribution in [0.5, 0.6) is 0 Å². The van der Waals surface area contributed by atoms with Crippen molar-refractivity contribution in [3.63, 3.8) is 0 Å². The van der Waals surface area contributed by atoms with Crippen molar-refractivity contribution in [3.05, 3.63) is 157 Å². The van der Waals surface area contributed by atoms with E-state index in [4.69, 9.17) is 4.99 Å². The van der Waals surface area contributed by atoms with E-state index in [1.807, 2.05) is 23.5 Å². The van der Waals surface area contributed by atoms with E-state index in [1.54, 1.807) is 11.8 Å². The zero-order chi connectivity index (χ0) is 29.7. The Kier molecular flexibility index (Phi) is 8.74. The van der Waals surface area contributed by atoms with E-state index in [-0.39, 0.29) is 4.58 Å². The second kappa shape index (κ2) is 13.4. The number of thioether (sulfide) groups is 3. The van der Waals surface area contributed by atoms with Gasteiger partial charge < -0.3 is 0 Å². The molecule has 0 bridgehead atoms. The summed E-state index contributed by atoms with van der Waals surface area (Å²) in [5, 5.41) is 8.74. The molecule has 4 heteroatoms. The smallest absolute Gasteiger partial charge is 0.0806 e. The molecule has 1 nitrogen and oxygen atoms in total. The molecule has 0 aliphatic carbocycles. The second-order valence-electron chi connectivity index (χ2n) is 10.7. The third-order valence-electron chi connectivity index (χ3n) is 7.62. The molecule has 0 radical (unpaired) electrons. The number of fused-ring (bicyclic) bond motifs is 3. The lowest BCUT2D eigenvalue weighted by Crippen LogP contribution is -2.05. The van der Waals surface area contributed by atoms with Crippen molar-refractivity contribution in [2.75, 3.05) is 0 Å². The normalized spacial score (nSPS) is 12.0. The molecule has 0 aromatic heterocycles. The molecule has 0 aliphatic heterocycles. The minimum absolute atomic E-state index is 0.193. The Morgan fingerprint density at radius 2 is 0.932 bits per heavy atom. The molecule has 214 valence electrons. The van der Waals surface area contributed by atoms with Crippen LogP contribution in [0.2, 0.25) is 0 Å². The Bertz CT molecular complexity index is 2000. The first kappa shape index (κ1) is 28.8. The zero-order valence-electron chi connectivity index (χ0n) is 24.4. The molecular formula is C40H31NS3. The number of aliphatic imine (C=N–C) groups is 1. The van der Waals surface area contributed by atoms with Gasteiger partial charge in [-0.1, -0.05) is 139 Å². The maximum atomic E-state index is 5.30. The molecule has 0 spiro atoms. The first-order chi connectivity index (χ1) is 21.7. The molecule has 0 atom stereocenters. The van der Waals surface area contributed by atoms with Gasteiger partial charge in [0.1, 0.15) is 0 Å². The molecule has 0 aliphatic rings. The molecule has 7 aromatic carbocycles. The topological polar surface area (TPSA) is 12.4 Å². The minimum Gasteiger partial charge on any atom is -0.246 e. The molecule has 44 heavy (non-hydrogen) atoms. The summed E-state index contributed by atoms with van der Waals surface area (Å²) in [4.78, 5) is 9.13. The highest BCUT2D eigenvalue weighted by atomic mass is 32.2. The van der Waals surface area contributed by atoms with Crippen molar-refractivity contribution in [1.29, 1.82) is 0 Å². The van der Waals surface area contributed by atoms with E-state index in [9.17, 15) is 0 Å². The van der Waals surface area contributed by atoms with Gasteiger partial charge in [0.2, 0.25) is 0 Å². The summed E-state index contributed by atoms with van der Waals surface area (Å²) in [5.74, 6) is 0. The van der Waals surface area contributed by atoms with Gasteiger partial charge in [0, 0.05) is 21.1 Å². The summed E-state index contributed by atoms with van der Waals surface area (Å²) in [6.45, 7) is 2.12. The second-order valence-corrected chi connectivity index (χ2v) is 14.6. The van der Waals surface area contributed by atoms with Crippen LogP contribution in [0, 0.1) is 6.92 Å². The van der Waals surface area contributed by atoms with Gasteiger partial charge >= 0.3 is 0 Å². The van der Waals surface area contributed by atoms with E-state index in [2.05, 4.69) is 159 Å². The van der Waals surface area contributed by atoms with Crippen molar-refractivity contribution in [2.24, 2.45) is 4.99 Å². The van der Waals surface area contributed by atoms with Crippen LogP contribution in [0.3, 0.4) is 0 Å². The largest absolute Gasteiger partial charge is 0.246 e. The van der Waals surface area contributed by atoms with Crippen LogP contribution in [-0.2, 0) is 0 Å². The number of nitrogens with zero attached hydrogens (tertiary/aromatic N) is 1. The molecule has 7 rings (SSSR count). The van der Waals surface area contributed by atoms with Crippen LogP contribution < -0.4 is 0 Å². The summed E-state index contributed by atoms with van der Waals surface area (Å²) in [6, 6.07) is 54.4. The highest BCUT2D eigenvalue weighted by Crippen LogP contribution is 2.44. The molecule has 0 unspecified atom stereocenters. The van der Waals surface area contributed by atoms with Gasteiger partial charge in [-0.05, 0) is 69.6 Å². The van der Waals surface area contributed by atoms with Crippen molar-refractivity contribution in [2.45, 2.75) is 32.6 Å². The van der Waals surface area contributed by atoms with Crippen LogP contribution in [0.15, 0.2) is 171 Å². The maximum Gasteiger partial charge on any atom is 0.0806 e. The molecule has 0 fully saturated rings. The third kappa shape index (κ3) is 6.58. The lowest BCUT2D eigenvalue weighted by Gasteiger charge is -2.20. The highest BCUT2D eigenvalue weighted by molar-refractivity contribution is 8.18. The van der Waals surface area contributed by atoms with Crippen LogP contribution in [0.4, 0.5) is 5.69 Å². The quantitative estimate of drug-likeness (QED) is 0.0725. The van der Waals surface area contributed by atoms with Crippen molar-refractivity contribution in [1.82, 2.24) is 0 Å². The number of hydrogen-bond acceptors (Lipinski definition) is 4. The number of hydrogen-bond donors (Lipinski definition) is 0. The summed E-state index contributed by atoms with van der Waals surface area (Å²) < 4.78 is 0.193. The predicted octanol–water partition coefficient (Wildman–Crippen LogP) is 12.6. The Morgan fingerprint density at radius 3 is 1.45 bits per heavy atom. The van der Waals surface area contributed by atoms with Gasteiger partial charge in [-0.25, -0.2) is 4.99 Å². The molecule has 7 aromatic rings. The van der Waals surface area contributed by atoms with Gasteiger partial charge in [0.05, 0.1) is 15.3 Å². The average molecular weight is 622 g/mol. The molecule has 0 saturated carbocycles. The Morgan fingerprint density at radius 1 is 0.500 bits per heavy atom. The van der Waals surface area contributed by atoms with Crippen molar-refractivity contribution in [3.8, 4) is 0 Å². The number of aryl methyl sites for hydroxylation is 1. The summed E-state index contributed by atoms with van der Waals surface area (Å²) in [7, 11) is 0. The van der Waals surface area contributed by atoms with Crippen LogP contribution in [-0.4, -0.2) is 9.63 Å². The number of rotatable bonds is 8. The standard InChI is InChI=1S/C40H31NS3/c1-28-23-25-32(26-24-28)41-39(42-36-20-8-14-29-11-2-5-17-33(29)36)27-40(43-37-21-9-15-30-12-3-6-18-34(30)37)44-38-22-10-16-31-13-4-7-19-35(31)38/h2-26,40H,27H2,1H3. The fourth-order valence-electron chi connectivity index (χ4n) is 5.42. The van der Waals surface area contributed by atoms with Crippen LogP contribution >= 0.6 is 35.3 Å². The van der Waals surface area contributed by atoms with E-state index in [1.165, 1.54) is 52.6 Å². The minimum atomic E-state index is 0.193. The van der Waals surface area contributed by atoms with Crippen molar-refractivity contribution >= 4 is 78.3 Å². The maximum absolute atomic E-state index is 5.30. The zero-order valence-corrected chi connectivity index (χ0v) is 26.8. The van der Waals surface area contributed by atoms with E-state index >= 15 is 0 Å². The monoisotopic (exact) mass is 621 g/mol. The highest BCUT2D eigenvalue weighted by Gasteiger charge is 2.20. The Balaban J connectivity index is 1.31. The summed E-state index contributed by atoms with van der Waals surface area (Å²) in [5.41, 5.74) is 2.23.